The second kappa shape index (κ2) is 5.58. The van der Waals surface area contributed by atoms with Crippen molar-refractivity contribution in [3.05, 3.63) is 23.8 Å². The number of carboxylic acid groups (broad SMARTS) is 1. The number of amides is 2. The molecule has 128 valence electrons. The van der Waals surface area contributed by atoms with Gasteiger partial charge in [0.15, 0.2) is 11.5 Å². The molecule has 0 radical (unpaired) electrons. The van der Waals surface area contributed by atoms with Crippen molar-refractivity contribution in [1.29, 1.82) is 0 Å². The smallest absolute Gasteiger partial charge is 0.317 e. The Morgan fingerprint density at radius 3 is 2.96 bits per heavy atom. The number of aliphatic carboxylic acids is 1. The van der Waals surface area contributed by atoms with Crippen molar-refractivity contribution in [2.24, 2.45) is 11.3 Å². The fraction of sp³-hybridized carbons (Fsp3) is 0.529. The molecule has 1 saturated carbocycles. The number of hydrogen-bond donors (Lipinski definition) is 2. The number of likely N-dealkylation sites (tertiary alicyclic amines) is 1. The number of rotatable bonds is 3. The standard InChI is InChI=1S/C17H20N2O5/c20-15(21)17-5-1-2-12(17)8-19(9-17)16(22)18-7-11-3-4-13-14(6-11)24-10-23-13/h3-4,6,12H,1-2,5,7-10H2,(H,18,22)(H,20,21)/t12-,17+/m0/s1. The van der Waals surface area contributed by atoms with Crippen molar-refractivity contribution in [2.45, 2.75) is 25.8 Å². The molecule has 7 heteroatoms. The van der Waals surface area contributed by atoms with Crippen LogP contribution in [0.3, 0.4) is 0 Å². The summed E-state index contributed by atoms with van der Waals surface area (Å²) in [6.45, 7) is 1.42. The average molecular weight is 332 g/mol. The lowest BCUT2D eigenvalue weighted by Gasteiger charge is -2.23. The maximum Gasteiger partial charge on any atom is 0.317 e. The first kappa shape index (κ1) is 15.1. The van der Waals surface area contributed by atoms with Gasteiger partial charge in [-0.05, 0) is 36.5 Å². The van der Waals surface area contributed by atoms with Gasteiger partial charge in [-0.1, -0.05) is 12.5 Å². The van der Waals surface area contributed by atoms with E-state index >= 15 is 0 Å². The Morgan fingerprint density at radius 1 is 1.33 bits per heavy atom. The minimum atomic E-state index is -0.768. The summed E-state index contributed by atoms with van der Waals surface area (Å²) in [6.07, 6.45) is 2.49. The predicted octanol–water partition coefficient (Wildman–Crippen LogP) is 1.81. The summed E-state index contributed by atoms with van der Waals surface area (Å²) in [5.41, 5.74) is 0.177. The largest absolute Gasteiger partial charge is 0.481 e. The molecular formula is C17H20N2O5. The van der Waals surface area contributed by atoms with Gasteiger partial charge in [-0.3, -0.25) is 4.79 Å². The number of nitrogens with zero attached hydrogens (tertiary/aromatic N) is 1. The Kier molecular flexibility index (Phi) is 3.51. The van der Waals surface area contributed by atoms with Crippen molar-refractivity contribution in [2.75, 3.05) is 19.9 Å². The lowest BCUT2D eigenvalue weighted by Crippen LogP contribution is -2.41. The molecule has 0 unspecified atom stereocenters. The van der Waals surface area contributed by atoms with E-state index in [1.54, 1.807) is 4.90 Å². The molecule has 4 rings (SSSR count). The molecule has 2 amide bonds. The molecule has 2 N–H and O–H groups in total. The van der Waals surface area contributed by atoms with Crippen molar-refractivity contribution >= 4 is 12.0 Å². The van der Waals surface area contributed by atoms with Crippen LogP contribution >= 0.6 is 0 Å². The normalized spacial score (nSPS) is 27.2. The van der Waals surface area contributed by atoms with Crippen LogP contribution in [-0.4, -0.2) is 41.9 Å². The van der Waals surface area contributed by atoms with Crippen LogP contribution < -0.4 is 14.8 Å². The first-order valence-electron chi connectivity index (χ1n) is 8.23. The highest BCUT2D eigenvalue weighted by Gasteiger charge is 2.55. The Labute approximate surface area is 139 Å². The third kappa shape index (κ3) is 2.35. The van der Waals surface area contributed by atoms with Crippen molar-refractivity contribution in [1.82, 2.24) is 10.2 Å². The van der Waals surface area contributed by atoms with E-state index in [1.165, 1.54) is 0 Å². The molecule has 0 bridgehead atoms. The Balaban J connectivity index is 1.38. The van der Waals surface area contributed by atoms with Crippen molar-refractivity contribution in [3.63, 3.8) is 0 Å². The zero-order chi connectivity index (χ0) is 16.7. The van der Waals surface area contributed by atoms with Gasteiger partial charge in [-0.25, -0.2) is 4.79 Å². The minimum Gasteiger partial charge on any atom is -0.481 e. The van der Waals surface area contributed by atoms with E-state index in [0.717, 1.165) is 18.4 Å². The molecule has 2 aliphatic heterocycles. The summed E-state index contributed by atoms with van der Waals surface area (Å²) in [6, 6.07) is 5.34. The number of nitrogens with one attached hydrogen (secondary N) is 1. The summed E-state index contributed by atoms with van der Waals surface area (Å²) in [4.78, 5) is 25.7. The first-order valence-corrected chi connectivity index (χ1v) is 8.23. The molecule has 24 heavy (non-hydrogen) atoms. The predicted molar refractivity (Wildman–Crippen MR) is 83.8 cm³/mol. The van der Waals surface area contributed by atoms with E-state index in [2.05, 4.69) is 5.32 Å². The Morgan fingerprint density at radius 2 is 2.17 bits per heavy atom. The SMILES string of the molecule is O=C(NCc1ccc2c(c1)OCO2)N1C[C@@H]2CCC[C@@]2(C(=O)O)C1. The maximum absolute atomic E-state index is 12.4. The molecular weight excluding hydrogens is 312 g/mol. The average Bonchev–Trinajstić information content (AvgIpc) is 3.25. The Bertz CT molecular complexity index is 692. The molecule has 7 nitrogen and oxygen atoms in total. The molecule has 2 fully saturated rings. The molecule has 1 saturated heterocycles. The van der Waals surface area contributed by atoms with Gasteiger partial charge in [0.1, 0.15) is 0 Å². The lowest BCUT2D eigenvalue weighted by molar-refractivity contribution is -0.149. The molecule has 1 aliphatic carbocycles. The molecule has 0 spiro atoms. The first-order chi connectivity index (χ1) is 11.6. The van der Waals surface area contributed by atoms with Gasteiger partial charge in [-0.15, -0.1) is 0 Å². The topological polar surface area (TPSA) is 88.1 Å². The van der Waals surface area contributed by atoms with Crippen LogP contribution in [0.5, 0.6) is 11.5 Å². The van der Waals surface area contributed by atoms with Gasteiger partial charge in [0.2, 0.25) is 6.79 Å². The number of fused-ring (bicyclic) bond motifs is 2. The van der Waals surface area contributed by atoms with Crippen LogP contribution in [0.25, 0.3) is 0 Å². The number of carbonyl (C=O) groups excluding carboxylic acids is 1. The highest BCUT2D eigenvalue weighted by Crippen LogP contribution is 2.48. The van der Waals surface area contributed by atoms with Gasteiger partial charge < -0.3 is 24.8 Å². The summed E-state index contributed by atoms with van der Waals surface area (Å²) < 4.78 is 10.6. The Hall–Kier alpha value is -2.44. The van der Waals surface area contributed by atoms with E-state index in [1.807, 2.05) is 18.2 Å². The number of hydrogen-bond acceptors (Lipinski definition) is 4. The lowest BCUT2D eigenvalue weighted by atomic mass is 9.81. The third-order valence-electron chi connectivity index (χ3n) is 5.46. The van der Waals surface area contributed by atoms with E-state index in [9.17, 15) is 14.7 Å². The fourth-order valence-electron chi connectivity index (χ4n) is 4.13. The number of ether oxygens (including phenoxy) is 2. The summed E-state index contributed by atoms with van der Waals surface area (Å²) >= 11 is 0. The zero-order valence-corrected chi connectivity index (χ0v) is 13.3. The van der Waals surface area contributed by atoms with Crippen LogP contribution in [0.2, 0.25) is 0 Å². The van der Waals surface area contributed by atoms with Crippen molar-refractivity contribution in [3.8, 4) is 11.5 Å². The molecule has 1 aromatic carbocycles. The van der Waals surface area contributed by atoms with Crippen LogP contribution in [0.4, 0.5) is 4.79 Å². The molecule has 3 aliphatic rings. The summed E-state index contributed by atoms with van der Waals surface area (Å²) in [7, 11) is 0. The maximum atomic E-state index is 12.4. The van der Waals surface area contributed by atoms with Crippen LogP contribution in [0.1, 0.15) is 24.8 Å². The third-order valence-corrected chi connectivity index (χ3v) is 5.46. The van der Waals surface area contributed by atoms with Gasteiger partial charge in [0.25, 0.3) is 0 Å². The van der Waals surface area contributed by atoms with Gasteiger partial charge in [0, 0.05) is 19.6 Å². The number of urea groups is 1. The van der Waals surface area contributed by atoms with Gasteiger partial charge in [0.05, 0.1) is 5.41 Å². The van der Waals surface area contributed by atoms with Gasteiger partial charge >= 0.3 is 12.0 Å². The quantitative estimate of drug-likeness (QED) is 0.881. The van der Waals surface area contributed by atoms with E-state index in [0.29, 0.717) is 37.6 Å². The monoisotopic (exact) mass is 332 g/mol. The summed E-state index contributed by atoms with van der Waals surface area (Å²) in [5, 5.41) is 12.5. The number of carboxylic acids is 1. The molecule has 1 aromatic rings. The molecule has 2 heterocycles. The summed E-state index contributed by atoms with van der Waals surface area (Å²) in [5.74, 6) is 0.700. The van der Waals surface area contributed by atoms with E-state index in [4.69, 9.17) is 9.47 Å². The highest BCUT2D eigenvalue weighted by molar-refractivity contribution is 5.80. The number of benzene rings is 1. The van der Waals surface area contributed by atoms with E-state index < -0.39 is 11.4 Å². The molecule has 0 aromatic heterocycles. The van der Waals surface area contributed by atoms with Crippen LogP contribution in [0.15, 0.2) is 18.2 Å². The zero-order valence-electron chi connectivity index (χ0n) is 13.3. The second-order valence-electron chi connectivity index (χ2n) is 6.78. The van der Waals surface area contributed by atoms with Crippen LogP contribution in [0, 0.1) is 11.3 Å². The van der Waals surface area contributed by atoms with Gasteiger partial charge in [-0.2, -0.15) is 0 Å². The molecule has 2 atom stereocenters. The number of carbonyl (C=O) groups is 2. The highest BCUT2D eigenvalue weighted by atomic mass is 16.7. The second-order valence-corrected chi connectivity index (χ2v) is 6.78. The van der Waals surface area contributed by atoms with E-state index in [-0.39, 0.29) is 18.7 Å². The minimum absolute atomic E-state index is 0.0753. The fourth-order valence-corrected chi connectivity index (χ4v) is 4.13. The van der Waals surface area contributed by atoms with Crippen LogP contribution in [-0.2, 0) is 11.3 Å². The van der Waals surface area contributed by atoms with Crippen molar-refractivity contribution < 1.29 is 24.2 Å².